The third kappa shape index (κ3) is 3.57. The molecule has 0 aromatic heterocycles. The lowest BCUT2D eigenvalue weighted by molar-refractivity contribution is 0.501. The standard InChI is InChI=1S/C12H30N2Si/c1-8-10-11-15(13-9-2,14(6)7)12(3,4)5/h13H,8-11H2,1-7H3. The van der Waals surface area contributed by atoms with E-state index in [1.165, 1.54) is 18.9 Å². The Morgan fingerprint density at radius 2 is 1.67 bits per heavy atom. The maximum Gasteiger partial charge on any atom is 0.209 e. The fraction of sp³-hybridized carbons (Fsp3) is 1.00. The summed E-state index contributed by atoms with van der Waals surface area (Å²) in [5.41, 5.74) is 0. The number of nitrogens with one attached hydrogen (secondary N) is 1. The first-order chi connectivity index (χ1) is 6.81. The molecular weight excluding hydrogens is 200 g/mol. The Kier molecular flexibility index (Phi) is 6.07. The molecule has 0 heterocycles. The first-order valence-corrected chi connectivity index (χ1v) is 8.39. The molecule has 0 aliphatic heterocycles. The van der Waals surface area contributed by atoms with Gasteiger partial charge in [-0.2, -0.15) is 0 Å². The molecule has 0 aliphatic rings. The molecule has 0 amide bonds. The zero-order chi connectivity index (χ0) is 12.1. The highest BCUT2D eigenvalue weighted by Crippen LogP contribution is 2.38. The van der Waals surface area contributed by atoms with Crippen LogP contribution < -0.4 is 4.98 Å². The topological polar surface area (TPSA) is 15.3 Å². The van der Waals surface area contributed by atoms with E-state index in [1.54, 1.807) is 0 Å². The second-order valence-corrected chi connectivity index (χ2v) is 10.6. The van der Waals surface area contributed by atoms with Crippen LogP contribution in [0.3, 0.4) is 0 Å². The first-order valence-electron chi connectivity index (χ1n) is 6.24. The van der Waals surface area contributed by atoms with Crippen molar-refractivity contribution in [1.29, 1.82) is 0 Å². The van der Waals surface area contributed by atoms with Crippen LogP contribution in [0.5, 0.6) is 0 Å². The van der Waals surface area contributed by atoms with E-state index in [9.17, 15) is 0 Å². The van der Waals surface area contributed by atoms with Crippen molar-refractivity contribution >= 4 is 8.40 Å². The summed E-state index contributed by atoms with van der Waals surface area (Å²) in [5.74, 6) is 0. The lowest BCUT2D eigenvalue weighted by atomic mass is 10.2. The maximum absolute atomic E-state index is 3.84. The van der Waals surface area contributed by atoms with E-state index in [0.717, 1.165) is 6.54 Å². The van der Waals surface area contributed by atoms with Crippen molar-refractivity contribution in [3.8, 4) is 0 Å². The highest BCUT2D eigenvalue weighted by molar-refractivity contribution is 6.77. The van der Waals surface area contributed by atoms with Crippen molar-refractivity contribution in [3.05, 3.63) is 0 Å². The summed E-state index contributed by atoms with van der Waals surface area (Å²) in [6.45, 7) is 12.8. The molecule has 3 heteroatoms. The predicted octanol–water partition coefficient (Wildman–Crippen LogP) is 3.20. The molecule has 1 atom stereocenters. The van der Waals surface area contributed by atoms with Gasteiger partial charge in [0, 0.05) is 0 Å². The van der Waals surface area contributed by atoms with Crippen LogP contribution in [0.15, 0.2) is 0 Å². The molecule has 0 saturated carbocycles. The zero-order valence-corrected chi connectivity index (χ0v) is 12.8. The van der Waals surface area contributed by atoms with Crippen LogP contribution >= 0.6 is 0 Å². The summed E-state index contributed by atoms with van der Waals surface area (Å²) in [6.07, 6.45) is 2.64. The summed E-state index contributed by atoms with van der Waals surface area (Å²) in [7, 11) is 2.98. The predicted molar refractivity (Wildman–Crippen MR) is 72.5 cm³/mol. The Morgan fingerprint density at radius 1 is 1.13 bits per heavy atom. The van der Waals surface area contributed by atoms with Gasteiger partial charge in [-0.1, -0.05) is 47.5 Å². The van der Waals surface area contributed by atoms with Crippen molar-refractivity contribution in [1.82, 2.24) is 9.55 Å². The van der Waals surface area contributed by atoms with Crippen LogP contribution in [0.1, 0.15) is 47.5 Å². The fourth-order valence-corrected chi connectivity index (χ4v) is 7.52. The minimum Gasteiger partial charge on any atom is -0.325 e. The molecule has 0 bridgehead atoms. The highest BCUT2D eigenvalue weighted by Gasteiger charge is 2.46. The van der Waals surface area contributed by atoms with Crippen molar-refractivity contribution < 1.29 is 0 Å². The summed E-state index contributed by atoms with van der Waals surface area (Å²) in [6, 6.07) is 1.36. The van der Waals surface area contributed by atoms with Gasteiger partial charge in [-0.3, -0.25) is 0 Å². The van der Waals surface area contributed by atoms with Gasteiger partial charge in [0.1, 0.15) is 0 Å². The summed E-state index contributed by atoms with van der Waals surface area (Å²) >= 11 is 0. The molecule has 0 aromatic rings. The van der Waals surface area contributed by atoms with Gasteiger partial charge in [-0.25, -0.2) is 0 Å². The van der Waals surface area contributed by atoms with E-state index < -0.39 is 8.40 Å². The fourth-order valence-electron chi connectivity index (χ4n) is 2.51. The van der Waals surface area contributed by atoms with E-state index in [1.807, 2.05) is 0 Å². The van der Waals surface area contributed by atoms with Gasteiger partial charge < -0.3 is 9.55 Å². The van der Waals surface area contributed by atoms with Gasteiger partial charge in [0.2, 0.25) is 8.40 Å². The molecule has 0 spiro atoms. The lowest BCUT2D eigenvalue weighted by Crippen LogP contribution is -2.66. The average molecular weight is 230 g/mol. The van der Waals surface area contributed by atoms with Crippen LogP contribution in [0.4, 0.5) is 0 Å². The molecule has 0 fully saturated rings. The van der Waals surface area contributed by atoms with Crippen LogP contribution in [0, 0.1) is 0 Å². The number of nitrogens with zero attached hydrogens (tertiary/aromatic N) is 1. The van der Waals surface area contributed by atoms with Crippen molar-refractivity contribution in [2.45, 2.75) is 58.5 Å². The molecular formula is C12H30N2Si. The minimum atomic E-state index is -1.51. The van der Waals surface area contributed by atoms with E-state index in [4.69, 9.17) is 0 Å². The molecule has 0 radical (unpaired) electrons. The number of hydrogen-bond acceptors (Lipinski definition) is 2. The van der Waals surface area contributed by atoms with Crippen LogP contribution in [-0.4, -0.2) is 33.6 Å². The molecule has 0 aliphatic carbocycles. The SMILES string of the molecule is CCCC[Si](NCC)(N(C)C)C(C)(C)C. The molecule has 1 unspecified atom stereocenters. The van der Waals surface area contributed by atoms with Gasteiger partial charge in [-0.15, -0.1) is 0 Å². The normalized spacial score (nSPS) is 16.8. The smallest absolute Gasteiger partial charge is 0.209 e. The second kappa shape index (κ2) is 6.02. The van der Waals surface area contributed by atoms with E-state index in [-0.39, 0.29) is 0 Å². The summed E-state index contributed by atoms with van der Waals surface area (Å²) in [4.78, 5) is 3.84. The average Bonchev–Trinajstić information content (AvgIpc) is 2.09. The quantitative estimate of drug-likeness (QED) is 0.705. The van der Waals surface area contributed by atoms with E-state index in [0.29, 0.717) is 5.04 Å². The molecule has 1 N–H and O–H groups in total. The van der Waals surface area contributed by atoms with Gasteiger partial charge in [0.15, 0.2) is 0 Å². The molecule has 92 valence electrons. The number of rotatable bonds is 6. The molecule has 0 aromatic carbocycles. The molecule has 0 rings (SSSR count). The van der Waals surface area contributed by atoms with Crippen molar-refractivity contribution in [2.24, 2.45) is 0 Å². The molecule has 15 heavy (non-hydrogen) atoms. The Balaban J connectivity index is 4.90. The number of unbranched alkanes of at least 4 members (excludes halogenated alkanes) is 1. The van der Waals surface area contributed by atoms with Gasteiger partial charge >= 0.3 is 0 Å². The van der Waals surface area contributed by atoms with Crippen LogP contribution in [-0.2, 0) is 0 Å². The maximum atomic E-state index is 3.84. The Labute approximate surface area is 97.6 Å². The summed E-state index contributed by atoms with van der Waals surface area (Å²) in [5, 5.41) is 0.391. The van der Waals surface area contributed by atoms with E-state index in [2.05, 4.69) is 58.3 Å². The largest absolute Gasteiger partial charge is 0.325 e. The lowest BCUT2D eigenvalue weighted by Gasteiger charge is -2.47. The monoisotopic (exact) mass is 230 g/mol. The van der Waals surface area contributed by atoms with Gasteiger partial charge in [0.05, 0.1) is 0 Å². The number of hydrogen-bond donors (Lipinski definition) is 1. The molecule has 0 saturated heterocycles. The Bertz CT molecular complexity index is 175. The molecule has 2 nitrogen and oxygen atoms in total. The highest BCUT2D eigenvalue weighted by atomic mass is 28.3. The third-order valence-electron chi connectivity index (χ3n) is 3.37. The first kappa shape index (κ1) is 15.1. The van der Waals surface area contributed by atoms with Gasteiger partial charge in [-0.05, 0) is 31.7 Å². The Morgan fingerprint density at radius 3 is 1.93 bits per heavy atom. The van der Waals surface area contributed by atoms with Crippen LogP contribution in [0.25, 0.3) is 0 Å². The minimum absolute atomic E-state index is 0.391. The van der Waals surface area contributed by atoms with E-state index >= 15 is 0 Å². The van der Waals surface area contributed by atoms with Crippen molar-refractivity contribution in [2.75, 3.05) is 20.6 Å². The van der Waals surface area contributed by atoms with Gasteiger partial charge in [0.25, 0.3) is 0 Å². The second-order valence-electron chi connectivity index (χ2n) is 5.64. The zero-order valence-electron chi connectivity index (χ0n) is 11.8. The third-order valence-corrected chi connectivity index (χ3v) is 9.39. The summed E-state index contributed by atoms with van der Waals surface area (Å²) < 4.78 is 2.49. The van der Waals surface area contributed by atoms with Crippen molar-refractivity contribution in [3.63, 3.8) is 0 Å². The Hall–Kier alpha value is 0.137. The van der Waals surface area contributed by atoms with Crippen LogP contribution in [0.2, 0.25) is 11.1 Å².